The average Bonchev–Trinajstić information content (AvgIpc) is 3.14. The maximum absolute atomic E-state index is 4.84. The van der Waals surface area contributed by atoms with E-state index in [-0.39, 0.29) is 6.17 Å². The lowest BCUT2D eigenvalue weighted by atomic mass is 9.97. The van der Waals surface area contributed by atoms with Gasteiger partial charge < -0.3 is 10.3 Å². The number of para-hydroxylation sites is 1. The highest BCUT2D eigenvalue weighted by Crippen LogP contribution is 2.43. The summed E-state index contributed by atoms with van der Waals surface area (Å²) in [6.07, 6.45) is -0.0243. The van der Waals surface area contributed by atoms with Gasteiger partial charge in [-0.1, -0.05) is 29.8 Å². The van der Waals surface area contributed by atoms with Gasteiger partial charge in [-0.3, -0.25) is 0 Å². The third-order valence-electron chi connectivity index (χ3n) is 5.36. The summed E-state index contributed by atoms with van der Waals surface area (Å²) in [5, 5.41) is 9.86. The van der Waals surface area contributed by atoms with Gasteiger partial charge in [-0.2, -0.15) is 5.10 Å². The van der Waals surface area contributed by atoms with E-state index in [0.717, 1.165) is 5.69 Å². The van der Waals surface area contributed by atoms with Gasteiger partial charge in [-0.05, 0) is 51.5 Å². The van der Waals surface area contributed by atoms with Crippen molar-refractivity contribution in [2.45, 2.75) is 33.9 Å². The van der Waals surface area contributed by atoms with E-state index in [1.807, 2.05) is 0 Å². The standard InChI is InChI=1S/C22H22N4/c1-12-9-13(2)21-17(10-12)19-11-14(3)25-26(19)22(24-21)20-15(4)23-18-8-6-5-7-16(18)20/h5-11,22-24H,1-4H3. The van der Waals surface area contributed by atoms with Gasteiger partial charge in [0.1, 0.15) is 6.17 Å². The van der Waals surface area contributed by atoms with Crippen molar-refractivity contribution in [1.82, 2.24) is 14.8 Å². The molecule has 4 nitrogen and oxygen atoms in total. The number of aromatic nitrogens is 3. The van der Waals surface area contributed by atoms with Gasteiger partial charge >= 0.3 is 0 Å². The summed E-state index contributed by atoms with van der Waals surface area (Å²) in [4.78, 5) is 3.53. The number of benzene rings is 2. The summed E-state index contributed by atoms with van der Waals surface area (Å²) in [5.41, 5.74) is 10.8. The van der Waals surface area contributed by atoms with Crippen LogP contribution in [0.4, 0.5) is 5.69 Å². The number of nitrogens with zero attached hydrogens (tertiary/aromatic N) is 2. The Morgan fingerprint density at radius 2 is 1.81 bits per heavy atom. The van der Waals surface area contributed by atoms with Crippen LogP contribution >= 0.6 is 0 Å². The Hall–Kier alpha value is -3.01. The topological polar surface area (TPSA) is 45.6 Å². The largest absolute Gasteiger partial charge is 0.359 e. The molecule has 0 aliphatic carbocycles. The first-order chi connectivity index (χ1) is 12.5. The monoisotopic (exact) mass is 342 g/mol. The molecule has 2 N–H and O–H groups in total. The predicted octanol–water partition coefficient (Wildman–Crippen LogP) is 5.24. The molecule has 3 heterocycles. The molecular weight excluding hydrogens is 320 g/mol. The highest BCUT2D eigenvalue weighted by Gasteiger charge is 2.30. The van der Waals surface area contributed by atoms with Crippen molar-refractivity contribution < 1.29 is 0 Å². The van der Waals surface area contributed by atoms with Gasteiger partial charge in [0.15, 0.2) is 0 Å². The van der Waals surface area contributed by atoms with Crippen LogP contribution in [0.15, 0.2) is 42.5 Å². The van der Waals surface area contributed by atoms with Crippen LogP contribution < -0.4 is 5.32 Å². The minimum Gasteiger partial charge on any atom is -0.359 e. The minimum atomic E-state index is -0.0243. The van der Waals surface area contributed by atoms with E-state index in [1.54, 1.807) is 0 Å². The van der Waals surface area contributed by atoms with E-state index in [0.29, 0.717) is 0 Å². The second kappa shape index (κ2) is 5.24. The van der Waals surface area contributed by atoms with Gasteiger partial charge in [0.25, 0.3) is 0 Å². The van der Waals surface area contributed by atoms with Crippen LogP contribution in [0, 0.1) is 27.7 Å². The quantitative estimate of drug-likeness (QED) is 0.497. The first-order valence-electron chi connectivity index (χ1n) is 9.04. The zero-order valence-corrected chi connectivity index (χ0v) is 15.5. The Morgan fingerprint density at radius 1 is 1.00 bits per heavy atom. The number of hydrogen-bond acceptors (Lipinski definition) is 2. The van der Waals surface area contributed by atoms with Gasteiger partial charge in [-0.15, -0.1) is 0 Å². The van der Waals surface area contributed by atoms with Crippen molar-refractivity contribution in [3.63, 3.8) is 0 Å². The molecule has 26 heavy (non-hydrogen) atoms. The summed E-state index contributed by atoms with van der Waals surface area (Å²) >= 11 is 0. The van der Waals surface area contributed by atoms with Gasteiger partial charge in [-0.25, -0.2) is 4.68 Å². The number of rotatable bonds is 1. The normalized spacial score (nSPS) is 15.6. The van der Waals surface area contributed by atoms with Crippen LogP contribution in [-0.2, 0) is 0 Å². The summed E-state index contributed by atoms with van der Waals surface area (Å²) in [5.74, 6) is 0. The fourth-order valence-corrected chi connectivity index (χ4v) is 4.32. The molecule has 0 saturated heterocycles. The third kappa shape index (κ3) is 2.05. The molecule has 5 rings (SSSR count). The number of fused-ring (bicyclic) bond motifs is 4. The molecular formula is C22H22N4. The number of hydrogen-bond donors (Lipinski definition) is 2. The van der Waals surface area contributed by atoms with E-state index >= 15 is 0 Å². The number of nitrogens with one attached hydrogen (secondary N) is 2. The highest BCUT2D eigenvalue weighted by atomic mass is 15.4. The summed E-state index contributed by atoms with van der Waals surface area (Å²) in [6.45, 7) is 8.53. The maximum atomic E-state index is 4.84. The molecule has 4 aromatic rings. The van der Waals surface area contributed by atoms with Gasteiger partial charge in [0.05, 0.1) is 11.4 Å². The zero-order valence-electron chi connectivity index (χ0n) is 15.5. The van der Waals surface area contributed by atoms with E-state index in [4.69, 9.17) is 5.10 Å². The summed E-state index contributed by atoms with van der Waals surface area (Å²) < 4.78 is 2.14. The van der Waals surface area contributed by atoms with Crippen LogP contribution in [0.2, 0.25) is 0 Å². The van der Waals surface area contributed by atoms with E-state index in [9.17, 15) is 0 Å². The number of anilines is 1. The number of aryl methyl sites for hydroxylation is 4. The Balaban J connectivity index is 1.80. The molecule has 1 aliphatic heterocycles. The highest BCUT2D eigenvalue weighted by molar-refractivity contribution is 5.88. The van der Waals surface area contributed by atoms with Crippen molar-refractivity contribution in [1.29, 1.82) is 0 Å². The molecule has 1 aliphatic rings. The van der Waals surface area contributed by atoms with Crippen LogP contribution in [0.1, 0.15) is 34.2 Å². The number of aromatic amines is 1. The van der Waals surface area contributed by atoms with Crippen molar-refractivity contribution in [3.8, 4) is 11.3 Å². The second-order valence-corrected chi connectivity index (χ2v) is 7.38. The Kier molecular flexibility index (Phi) is 3.08. The van der Waals surface area contributed by atoms with Crippen LogP contribution in [0.3, 0.4) is 0 Å². The second-order valence-electron chi connectivity index (χ2n) is 7.38. The van der Waals surface area contributed by atoms with E-state index < -0.39 is 0 Å². The molecule has 0 saturated carbocycles. The molecule has 0 fully saturated rings. The molecule has 0 radical (unpaired) electrons. The molecule has 1 unspecified atom stereocenters. The predicted molar refractivity (Wildman–Crippen MR) is 107 cm³/mol. The Labute approximate surface area is 152 Å². The van der Waals surface area contributed by atoms with Crippen molar-refractivity contribution in [2.75, 3.05) is 5.32 Å². The fourth-order valence-electron chi connectivity index (χ4n) is 4.32. The van der Waals surface area contributed by atoms with Crippen LogP contribution in [-0.4, -0.2) is 14.8 Å². The molecule has 0 amide bonds. The SMILES string of the molecule is Cc1cc(C)c2c(c1)-c1cc(C)nn1C(c1c(C)[nH]c3ccccc13)N2. The first-order valence-corrected chi connectivity index (χ1v) is 9.04. The molecule has 0 bridgehead atoms. The minimum absolute atomic E-state index is 0.0243. The average molecular weight is 342 g/mol. The van der Waals surface area contributed by atoms with E-state index in [1.165, 1.54) is 50.2 Å². The van der Waals surface area contributed by atoms with Crippen LogP contribution in [0.5, 0.6) is 0 Å². The summed E-state index contributed by atoms with van der Waals surface area (Å²) in [6, 6.07) is 15.2. The van der Waals surface area contributed by atoms with Gasteiger partial charge in [0.2, 0.25) is 0 Å². The smallest absolute Gasteiger partial charge is 0.149 e. The molecule has 2 aromatic heterocycles. The van der Waals surface area contributed by atoms with Crippen molar-refractivity contribution in [3.05, 3.63) is 70.5 Å². The Bertz CT molecular complexity index is 1160. The first kappa shape index (κ1) is 15.3. The third-order valence-corrected chi connectivity index (χ3v) is 5.36. The van der Waals surface area contributed by atoms with Crippen LogP contribution in [0.25, 0.3) is 22.2 Å². The lowest BCUT2D eigenvalue weighted by Gasteiger charge is -2.31. The summed E-state index contributed by atoms with van der Waals surface area (Å²) in [7, 11) is 0. The maximum Gasteiger partial charge on any atom is 0.149 e. The van der Waals surface area contributed by atoms with E-state index in [2.05, 4.69) is 85.1 Å². The van der Waals surface area contributed by atoms with Crippen molar-refractivity contribution >= 4 is 16.6 Å². The molecule has 4 heteroatoms. The van der Waals surface area contributed by atoms with Crippen molar-refractivity contribution in [2.24, 2.45) is 0 Å². The Morgan fingerprint density at radius 3 is 2.65 bits per heavy atom. The molecule has 0 spiro atoms. The molecule has 1 atom stereocenters. The molecule has 2 aromatic carbocycles. The molecule has 130 valence electrons. The zero-order chi connectivity index (χ0) is 18.0. The lowest BCUT2D eigenvalue weighted by Crippen LogP contribution is -2.26. The van der Waals surface area contributed by atoms with Gasteiger partial charge in [0, 0.05) is 33.4 Å². The fraction of sp³-hybridized carbons (Fsp3) is 0.227. The number of H-pyrrole nitrogens is 1. The lowest BCUT2D eigenvalue weighted by molar-refractivity contribution is 0.571.